The number of thioether (sulfide) groups is 1. The van der Waals surface area contributed by atoms with Gasteiger partial charge in [-0.3, -0.25) is 9.36 Å². The predicted molar refractivity (Wildman–Crippen MR) is 117 cm³/mol. The van der Waals surface area contributed by atoms with Crippen molar-refractivity contribution in [2.45, 2.75) is 24.4 Å². The molecule has 0 saturated carbocycles. The zero-order valence-corrected chi connectivity index (χ0v) is 17.1. The Labute approximate surface area is 178 Å². The number of amides is 1. The molecule has 0 radical (unpaired) electrons. The zero-order chi connectivity index (χ0) is 20.3. The Hall–Kier alpha value is -3.32. The van der Waals surface area contributed by atoms with Gasteiger partial charge < -0.3 is 9.73 Å². The van der Waals surface area contributed by atoms with Gasteiger partial charge in [0.15, 0.2) is 10.9 Å². The van der Waals surface area contributed by atoms with Crippen LogP contribution in [0, 0.1) is 0 Å². The molecular formula is C23H20N4O2S. The van der Waals surface area contributed by atoms with E-state index in [1.165, 1.54) is 29.3 Å². The van der Waals surface area contributed by atoms with Crippen LogP contribution in [0.1, 0.15) is 17.5 Å². The quantitative estimate of drug-likeness (QED) is 0.459. The monoisotopic (exact) mass is 416 g/mol. The van der Waals surface area contributed by atoms with Crippen LogP contribution in [-0.4, -0.2) is 26.4 Å². The van der Waals surface area contributed by atoms with Gasteiger partial charge in [0.05, 0.1) is 12.0 Å². The number of hydrogen-bond acceptors (Lipinski definition) is 5. The van der Waals surface area contributed by atoms with Crippen LogP contribution in [0.25, 0.3) is 17.3 Å². The third-order valence-electron chi connectivity index (χ3n) is 5.10. The number of nitrogens with one attached hydrogen (secondary N) is 1. The van der Waals surface area contributed by atoms with E-state index >= 15 is 0 Å². The highest BCUT2D eigenvalue weighted by Crippen LogP contribution is 2.29. The molecule has 0 aliphatic heterocycles. The number of carbonyl (C=O) groups excluding carboxylic acids is 1. The molecule has 150 valence electrons. The summed E-state index contributed by atoms with van der Waals surface area (Å²) in [6.07, 6.45) is 5.02. The van der Waals surface area contributed by atoms with Crippen molar-refractivity contribution in [2.24, 2.45) is 0 Å². The highest BCUT2D eigenvalue weighted by molar-refractivity contribution is 7.99. The lowest BCUT2D eigenvalue weighted by molar-refractivity contribution is -0.113. The Balaban J connectivity index is 1.34. The number of benzene rings is 2. The first kappa shape index (κ1) is 18.7. The van der Waals surface area contributed by atoms with Gasteiger partial charge in [-0.05, 0) is 66.8 Å². The fourth-order valence-electron chi connectivity index (χ4n) is 3.72. The summed E-state index contributed by atoms with van der Waals surface area (Å²) in [6.45, 7) is 0. The number of rotatable bonds is 6. The Morgan fingerprint density at radius 3 is 2.73 bits per heavy atom. The minimum atomic E-state index is -0.0693. The summed E-state index contributed by atoms with van der Waals surface area (Å²) < 4.78 is 7.43. The summed E-state index contributed by atoms with van der Waals surface area (Å²) in [6, 6.07) is 19.7. The van der Waals surface area contributed by atoms with E-state index in [0.29, 0.717) is 16.7 Å². The molecule has 7 heteroatoms. The molecular weight excluding hydrogens is 396 g/mol. The maximum absolute atomic E-state index is 12.6. The summed E-state index contributed by atoms with van der Waals surface area (Å²) >= 11 is 1.35. The van der Waals surface area contributed by atoms with Crippen LogP contribution in [0.15, 0.2) is 76.5 Å². The largest absolute Gasteiger partial charge is 0.461 e. The van der Waals surface area contributed by atoms with Gasteiger partial charge in [0.25, 0.3) is 0 Å². The Morgan fingerprint density at radius 1 is 1.03 bits per heavy atom. The van der Waals surface area contributed by atoms with E-state index < -0.39 is 0 Å². The summed E-state index contributed by atoms with van der Waals surface area (Å²) in [7, 11) is 0. The molecule has 2 aromatic heterocycles. The molecule has 1 aliphatic rings. The standard InChI is InChI=1S/C23H20N4O2S/c28-21(24-18-12-11-16-6-4-7-17(16)14-18)15-30-23-26-25-22(20-10-5-13-29-20)27(23)19-8-2-1-3-9-19/h1-3,5,8-14H,4,6-7,15H2,(H,24,28). The van der Waals surface area contributed by atoms with E-state index in [-0.39, 0.29) is 11.7 Å². The van der Waals surface area contributed by atoms with E-state index in [0.717, 1.165) is 24.2 Å². The first-order valence-electron chi connectivity index (χ1n) is 9.87. The average molecular weight is 417 g/mol. The van der Waals surface area contributed by atoms with E-state index in [4.69, 9.17) is 4.42 Å². The van der Waals surface area contributed by atoms with Crippen molar-refractivity contribution in [1.82, 2.24) is 14.8 Å². The van der Waals surface area contributed by atoms with E-state index in [9.17, 15) is 4.79 Å². The topological polar surface area (TPSA) is 73.0 Å². The lowest BCUT2D eigenvalue weighted by Gasteiger charge is -2.10. The van der Waals surface area contributed by atoms with Gasteiger partial charge >= 0.3 is 0 Å². The zero-order valence-electron chi connectivity index (χ0n) is 16.2. The number of aryl methyl sites for hydroxylation is 2. The van der Waals surface area contributed by atoms with Crippen molar-refractivity contribution in [3.63, 3.8) is 0 Å². The first-order valence-corrected chi connectivity index (χ1v) is 10.9. The van der Waals surface area contributed by atoms with Crippen LogP contribution >= 0.6 is 11.8 Å². The van der Waals surface area contributed by atoms with E-state index in [1.54, 1.807) is 6.26 Å². The SMILES string of the molecule is O=C(CSc1nnc(-c2ccco2)n1-c1ccccc1)Nc1ccc2c(c1)CCC2. The van der Waals surface area contributed by atoms with Crippen molar-refractivity contribution < 1.29 is 9.21 Å². The lowest BCUT2D eigenvalue weighted by atomic mass is 10.1. The fourth-order valence-corrected chi connectivity index (χ4v) is 4.47. The second-order valence-electron chi connectivity index (χ2n) is 7.13. The molecule has 5 rings (SSSR count). The number of nitrogens with zero attached hydrogens (tertiary/aromatic N) is 3. The van der Waals surface area contributed by atoms with Crippen molar-refractivity contribution in [3.8, 4) is 17.3 Å². The maximum Gasteiger partial charge on any atom is 0.234 e. The number of carbonyl (C=O) groups is 1. The molecule has 1 N–H and O–H groups in total. The van der Waals surface area contributed by atoms with Crippen molar-refractivity contribution in [3.05, 3.63) is 78.1 Å². The summed E-state index contributed by atoms with van der Waals surface area (Å²) in [5.41, 5.74) is 4.49. The number of fused-ring (bicyclic) bond motifs is 1. The van der Waals surface area contributed by atoms with Crippen LogP contribution in [-0.2, 0) is 17.6 Å². The summed E-state index contributed by atoms with van der Waals surface area (Å²) in [5.74, 6) is 1.40. The molecule has 0 fully saturated rings. The van der Waals surface area contributed by atoms with Gasteiger partial charge in [0.2, 0.25) is 11.7 Å². The van der Waals surface area contributed by atoms with Gasteiger partial charge in [-0.25, -0.2) is 0 Å². The molecule has 0 unspecified atom stereocenters. The molecule has 6 nitrogen and oxygen atoms in total. The molecule has 0 spiro atoms. The third kappa shape index (κ3) is 3.76. The van der Waals surface area contributed by atoms with Crippen molar-refractivity contribution in [1.29, 1.82) is 0 Å². The highest BCUT2D eigenvalue weighted by Gasteiger charge is 2.19. The molecule has 30 heavy (non-hydrogen) atoms. The Morgan fingerprint density at radius 2 is 1.90 bits per heavy atom. The van der Waals surface area contributed by atoms with Gasteiger partial charge in [-0.15, -0.1) is 10.2 Å². The molecule has 0 bridgehead atoms. The van der Waals surface area contributed by atoms with Crippen LogP contribution in [0.5, 0.6) is 0 Å². The second-order valence-corrected chi connectivity index (χ2v) is 8.07. The summed E-state index contributed by atoms with van der Waals surface area (Å²) in [5, 5.41) is 12.2. The number of furan rings is 1. The third-order valence-corrected chi connectivity index (χ3v) is 6.03. The van der Waals surface area contributed by atoms with Gasteiger partial charge in [0.1, 0.15) is 0 Å². The normalized spacial score (nSPS) is 12.7. The first-order chi connectivity index (χ1) is 14.8. The molecule has 4 aromatic rings. The van der Waals surface area contributed by atoms with Gasteiger partial charge in [0, 0.05) is 11.4 Å². The molecule has 2 heterocycles. The van der Waals surface area contributed by atoms with Crippen molar-refractivity contribution in [2.75, 3.05) is 11.1 Å². The number of hydrogen-bond donors (Lipinski definition) is 1. The number of anilines is 1. The minimum Gasteiger partial charge on any atom is -0.461 e. The van der Waals surface area contributed by atoms with Crippen LogP contribution in [0.2, 0.25) is 0 Å². The smallest absolute Gasteiger partial charge is 0.234 e. The maximum atomic E-state index is 12.6. The second kappa shape index (κ2) is 8.20. The molecule has 2 aromatic carbocycles. The number of aromatic nitrogens is 3. The Bertz CT molecular complexity index is 1170. The van der Waals surface area contributed by atoms with Crippen LogP contribution < -0.4 is 5.32 Å². The highest BCUT2D eigenvalue weighted by atomic mass is 32.2. The van der Waals surface area contributed by atoms with Crippen LogP contribution in [0.4, 0.5) is 5.69 Å². The lowest BCUT2D eigenvalue weighted by Crippen LogP contribution is -2.14. The fraction of sp³-hybridized carbons (Fsp3) is 0.174. The molecule has 1 aliphatic carbocycles. The van der Waals surface area contributed by atoms with Crippen molar-refractivity contribution >= 4 is 23.4 Å². The molecule has 1 amide bonds. The van der Waals surface area contributed by atoms with E-state index in [2.05, 4.69) is 27.6 Å². The summed E-state index contributed by atoms with van der Waals surface area (Å²) in [4.78, 5) is 12.6. The molecule has 0 atom stereocenters. The average Bonchev–Trinajstić information content (AvgIpc) is 3.52. The van der Waals surface area contributed by atoms with Gasteiger partial charge in [-0.2, -0.15) is 0 Å². The predicted octanol–water partition coefficient (Wildman–Crippen LogP) is 4.75. The minimum absolute atomic E-state index is 0.0693. The molecule has 0 saturated heterocycles. The van der Waals surface area contributed by atoms with Crippen LogP contribution in [0.3, 0.4) is 0 Å². The Kier molecular flexibility index (Phi) is 5.11. The van der Waals surface area contributed by atoms with Gasteiger partial charge in [-0.1, -0.05) is 36.0 Å². The number of para-hydroxylation sites is 1. The van der Waals surface area contributed by atoms with E-state index in [1.807, 2.05) is 53.1 Å².